The molecule has 0 aliphatic carbocycles. The monoisotopic (exact) mass is 302 g/mol. The second-order valence-electron chi connectivity index (χ2n) is 4.73. The summed E-state index contributed by atoms with van der Waals surface area (Å²) in [5.74, 6) is 0.225. The minimum absolute atomic E-state index is 0.229. The first-order chi connectivity index (χ1) is 10.5. The van der Waals surface area contributed by atoms with Crippen molar-refractivity contribution in [3.05, 3.63) is 41.6 Å². The van der Waals surface area contributed by atoms with Gasteiger partial charge in [0.2, 0.25) is 0 Å². The van der Waals surface area contributed by atoms with Crippen LogP contribution in [0.3, 0.4) is 0 Å². The highest BCUT2D eigenvalue weighted by Crippen LogP contribution is 2.17. The summed E-state index contributed by atoms with van der Waals surface area (Å²) in [5, 5.41) is 7.01. The van der Waals surface area contributed by atoms with Gasteiger partial charge < -0.3 is 15.8 Å². The van der Waals surface area contributed by atoms with E-state index in [1.54, 1.807) is 35.1 Å². The van der Waals surface area contributed by atoms with E-state index >= 15 is 0 Å². The first-order valence-electron chi connectivity index (χ1n) is 6.86. The van der Waals surface area contributed by atoms with Gasteiger partial charge in [0.15, 0.2) is 6.61 Å². The number of primary amides is 1. The maximum absolute atomic E-state index is 12.3. The van der Waals surface area contributed by atoms with Gasteiger partial charge in [-0.2, -0.15) is 5.10 Å². The number of carbonyl (C=O) groups is 2. The van der Waals surface area contributed by atoms with E-state index in [1.807, 2.05) is 13.8 Å². The predicted octanol–water partition coefficient (Wildman–Crippen LogP) is 1.33. The normalized spacial score (nSPS) is 10.3. The van der Waals surface area contributed by atoms with Gasteiger partial charge in [-0.1, -0.05) is 6.07 Å². The van der Waals surface area contributed by atoms with Gasteiger partial charge in [-0.3, -0.25) is 9.59 Å². The molecule has 22 heavy (non-hydrogen) atoms. The van der Waals surface area contributed by atoms with Crippen molar-refractivity contribution >= 4 is 17.6 Å². The molecule has 1 aromatic heterocycles. The number of aryl methyl sites for hydroxylation is 2. The Labute approximate surface area is 128 Å². The highest BCUT2D eigenvalue weighted by molar-refractivity contribution is 6.04. The summed E-state index contributed by atoms with van der Waals surface area (Å²) < 4.78 is 6.90. The van der Waals surface area contributed by atoms with Crippen LogP contribution in [-0.4, -0.2) is 28.2 Å². The summed E-state index contributed by atoms with van der Waals surface area (Å²) in [4.78, 5) is 23.0. The molecule has 0 aliphatic rings. The summed E-state index contributed by atoms with van der Waals surface area (Å²) in [6, 6.07) is 6.55. The lowest BCUT2D eigenvalue weighted by molar-refractivity contribution is -0.119. The molecule has 0 unspecified atom stereocenters. The van der Waals surface area contributed by atoms with E-state index in [9.17, 15) is 9.59 Å². The van der Waals surface area contributed by atoms with Crippen LogP contribution in [0.15, 0.2) is 30.5 Å². The minimum atomic E-state index is -0.572. The molecule has 7 nitrogen and oxygen atoms in total. The van der Waals surface area contributed by atoms with E-state index in [1.165, 1.54) is 0 Å². The number of nitrogens with one attached hydrogen (secondary N) is 1. The molecular formula is C15H18N4O3. The van der Waals surface area contributed by atoms with Crippen LogP contribution in [0, 0.1) is 6.92 Å². The molecule has 7 heteroatoms. The molecule has 0 bridgehead atoms. The smallest absolute Gasteiger partial charge is 0.256 e. The Morgan fingerprint density at radius 1 is 1.41 bits per heavy atom. The number of ether oxygens (including phenoxy) is 1. The summed E-state index contributed by atoms with van der Waals surface area (Å²) in [5.41, 5.74) is 6.33. The van der Waals surface area contributed by atoms with Gasteiger partial charge in [-0.05, 0) is 32.0 Å². The number of rotatable bonds is 6. The third-order valence-corrected chi connectivity index (χ3v) is 3.03. The number of hydrogen-bond donors (Lipinski definition) is 2. The summed E-state index contributed by atoms with van der Waals surface area (Å²) >= 11 is 0. The molecule has 0 saturated heterocycles. The fourth-order valence-corrected chi connectivity index (χ4v) is 1.94. The molecule has 2 rings (SSSR count). The van der Waals surface area contributed by atoms with E-state index in [0.717, 1.165) is 5.56 Å². The number of benzene rings is 1. The van der Waals surface area contributed by atoms with Crippen molar-refractivity contribution < 1.29 is 14.3 Å². The Morgan fingerprint density at radius 2 is 2.18 bits per heavy atom. The minimum Gasteiger partial charge on any atom is -0.484 e. The molecular weight excluding hydrogens is 284 g/mol. The molecule has 2 aromatic rings. The van der Waals surface area contributed by atoms with Gasteiger partial charge >= 0.3 is 0 Å². The van der Waals surface area contributed by atoms with E-state index in [4.69, 9.17) is 10.5 Å². The topological polar surface area (TPSA) is 99.2 Å². The van der Waals surface area contributed by atoms with Crippen molar-refractivity contribution in [2.75, 3.05) is 11.9 Å². The zero-order valence-corrected chi connectivity index (χ0v) is 12.5. The van der Waals surface area contributed by atoms with Crippen molar-refractivity contribution in [2.24, 2.45) is 5.73 Å². The lowest BCUT2D eigenvalue weighted by Gasteiger charge is -2.10. The maximum atomic E-state index is 12.3. The Bertz CT molecular complexity index is 694. The molecule has 116 valence electrons. The lowest BCUT2D eigenvalue weighted by Crippen LogP contribution is -2.20. The average molecular weight is 302 g/mol. The second kappa shape index (κ2) is 6.75. The van der Waals surface area contributed by atoms with Crippen molar-refractivity contribution in [3.8, 4) is 5.75 Å². The zero-order chi connectivity index (χ0) is 16.1. The third kappa shape index (κ3) is 3.63. The third-order valence-electron chi connectivity index (χ3n) is 3.03. The number of nitrogens with zero attached hydrogens (tertiary/aromatic N) is 2. The lowest BCUT2D eigenvalue weighted by atomic mass is 10.2. The van der Waals surface area contributed by atoms with E-state index in [0.29, 0.717) is 23.7 Å². The fraction of sp³-hybridized carbons (Fsp3) is 0.267. The highest BCUT2D eigenvalue weighted by atomic mass is 16.5. The van der Waals surface area contributed by atoms with Crippen molar-refractivity contribution in [1.82, 2.24) is 9.78 Å². The van der Waals surface area contributed by atoms with E-state index in [-0.39, 0.29) is 12.5 Å². The van der Waals surface area contributed by atoms with Crippen molar-refractivity contribution in [3.63, 3.8) is 0 Å². The van der Waals surface area contributed by atoms with Crippen LogP contribution in [0.2, 0.25) is 0 Å². The van der Waals surface area contributed by atoms with Crippen LogP contribution in [0.1, 0.15) is 22.8 Å². The molecule has 1 heterocycles. The van der Waals surface area contributed by atoms with Gasteiger partial charge in [0.25, 0.3) is 11.8 Å². The summed E-state index contributed by atoms with van der Waals surface area (Å²) in [6.45, 7) is 4.25. The first-order valence-corrected chi connectivity index (χ1v) is 6.86. The molecule has 0 radical (unpaired) electrons. The summed E-state index contributed by atoms with van der Waals surface area (Å²) in [7, 11) is 0. The number of anilines is 1. The Balaban J connectivity index is 2.14. The SMILES string of the molecule is CCn1ncc(C)c1NC(=O)c1cccc(OCC(N)=O)c1. The molecule has 0 spiro atoms. The molecule has 0 saturated carbocycles. The molecule has 0 atom stereocenters. The highest BCUT2D eigenvalue weighted by Gasteiger charge is 2.12. The quantitative estimate of drug-likeness (QED) is 0.840. The number of amides is 2. The number of hydrogen-bond acceptors (Lipinski definition) is 4. The maximum Gasteiger partial charge on any atom is 0.256 e. The van der Waals surface area contributed by atoms with Crippen LogP contribution >= 0.6 is 0 Å². The Morgan fingerprint density at radius 3 is 2.86 bits per heavy atom. The van der Waals surface area contributed by atoms with Crippen LogP contribution in [-0.2, 0) is 11.3 Å². The number of aromatic nitrogens is 2. The van der Waals surface area contributed by atoms with Crippen molar-refractivity contribution in [1.29, 1.82) is 0 Å². The van der Waals surface area contributed by atoms with E-state index < -0.39 is 5.91 Å². The van der Waals surface area contributed by atoms with Crippen LogP contribution in [0.5, 0.6) is 5.75 Å². The molecule has 0 fully saturated rings. The molecule has 1 aromatic carbocycles. The Hall–Kier alpha value is -2.83. The van der Waals surface area contributed by atoms with Crippen molar-refractivity contribution in [2.45, 2.75) is 20.4 Å². The fourth-order valence-electron chi connectivity index (χ4n) is 1.94. The summed E-state index contributed by atoms with van der Waals surface area (Å²) in [6.07, 6.45) is 1.70. The van der Waals surface area contributed by atoms with Crippen LogP contribution in [0.4, 0.5) is 5.82 Å². The predicted molar refractivity (Wildman–Crippen MR) is 81.7 cm³/mol. The van der Waals surface area contributed by atoms with Crippen LogP contribution < -0.4 is 15.8 Å². The molecule has 3 N–H and O–H groups in total. The molecule has 0 aliphatic heterocycles. The first kappa shape index (κ1) is 15.6. The number of nitrogens with two attached hydrogens (primary N) is 1. The van der Waals surface area contributed by atoms with Gasteiger partial charge in [0.05, 0.1) is 6.20 Å². The van der Waals surface area contributed by atoms with Gasteiger partial charge in [-0.25, -0.2) is 4.68 Å². The second-order valence-corrected chi connectivity index (χ2v) is 4.73. The standard InChI is InChI=1S/C15H18N4O3/c1-3-19-14(10(2)8-17-19)18-15(21)11-5-4-6-12(7-11)22-9-13(16)20/h4-8H,3,9H2,1-2H3,(H2,16,20)(H,18,21). The largest absolute Gasteiger partial charge is 0.484 e. The van der Waals surface area contributed by atoms with Gasteiger partial charge in [0.1, 0.15) is 11.6 Å². The van der Waals surface area contributed by atoms with Gasteiger partial charge in [-0.15, -0.1) is 0 Å². The molecule has 2 amide bonds. The van der Waals surface area contributed by atoms with E-state index in [2.05, 4.69) is 10.4 Å². The van der Waals surface area contributed by atoms with Gasteiger partial charge in [0, 0.05) is 17.7 Å². The average Bonchev–Trinajstić information content (AvgIpc) is 2.86. The van der Waals surface area contributed by atoms with Crippen LogP contribution in [0.25, 0.3) is 0 Å². The Kier molecular flexibility index (Phi) is 4.77. The zero-order valence-electron chi connectivity index (χ0n) is 12.5. The number of carbonyl (C=O) groups excluding carboxylic acids is 2.